The molecule has 0 bridgehead atoms. The van der Waals surface area contributed by atoms with Gasteiger partial charge in [-0.1, -0.05) is 18.2 Å². The number of ether oxygens (including phenoxy) is 2. The Morgan fingerprint density at radius 2 is 1.92 bits per heavy atom. The van der Waals surface area contributed by atoms with E-state index in [1.165, 1.54) is 12.8 Å². The summed E-state index contributed by atoms with van der Waals surface area (Å²) in [5, 5.41) is 2.76. The predicted molar refractivity (Wildman–Crippen MR) is 98.7 cm³/mol. The van der Waals surface area contributed by atoms with E-state index < -0.39 is 0 Å². The van der Waals surface area contributed by atoms with Crippen molar-refractivity contribution in [3.8, 4) is 11.6 Å². The first kappa shape index (κ1) is 18.0. The van der Waals surface area contributed by atoms with Gasteiger partial charge >= 0.3 is 0 Å². The van der Waals surface area contributed by atoms with Crippen molar-refractivity contribution in [3.05, 3.63) is 42.2 Å². The molecule has 3 rings (SSSR count). The van der Waals surface area contributed by atoms with Crippen LogP contribution in [0.1, 0.15) is 18.7 Å². The first-order valence-electron chi connectivity index (χ1n) is 8.89. The van der Waals surface area contributed by atoms with E-state index in [0.29, 0.717) is 30.6 Å². The summed E-state index contributed by atoms with van der Waals surface area (Å²) in [6, 6.07) is 11.1. The maximum atomic E-state index is 11.8. The van der Waals surface area contributed by atoms with E-state index in [1.54, 1.807) is 0 Å². The highest BCUT2D eigenvalue weighted by Crippen LogP contribution is 2.21. The van der Waals surface area contributed by atoms with E-state index >= 15 is 0 Å². The maximum absolute atomic E-state index is 11.8. The molecule has 1 saturated heterocycles. The van der Waals surface area contributed by atoms with Crippen LogP contribution in [0.2, 0.25) is 0 Å². The Morgan fingerprint density at radius 1 is 1.15 bits per heavy atom. The molecule has 1 aliphatic rings. The van der Waals surface area contributed by atoms with Crippen LogP contribution in [0.3, 0.4) is 0 Å². The van der Waals surface area contributed by atoms with E-state index in [2.05, 4.69) is 20.2 Å². The molecule has 0 saturated carbocycles. The Labute approximate surface area is 153 Å². The van der Waals surface area contributed by atoms with Gasteiger partial charge < -0.3 is 19.7 Å². The lowest BCUT2D eigenvalue weighted by atomic mass is 10.3. The summed E-state index contributed by atoms with van der Waals surface area (Å²) in [5.74, 6) is 2.61. The Hall–Kier alpha value is -2.83. The smallest absolute Gasteiger partial charge is 0.258 e. The number of hydrogen-bond donors (Lipinski definition) is 1. The number of hydrogen-bond acceptors (Lipinski definition) is 6. The Bertz CT molecular complexity index is 718. The lowest BCUT2D eigenvalue weighted by molar-refractivity contribution is -0.123. The van der Waals surface area contributed by atoms with Gasteiger partial charge in [0.05, 0.1) is 6.54 Å². The number of nitrogens with one attached hydrogen (secondary N) is 1. The number of carbonyl (C=O) groups excluding carboxylic acids is 1. The molecule has 7 heteroatoms. The van der Waals surface area contributed by atoms with Crippen LogP contribution in [0.4, 0.5) is 5.82 Å². The number of para-hydroxylation sites is 1. The summed E-state index contributed by atoms with van der Waals surface area (Å²) >= 11 is 0. The minimum atomic E-state index is -0.186. The second-order valence-corrected chi connectivity index (χ2v) is 6.11. The van der Waals surface area contributed by atoms with Crippen molar-refractivity contribution in [1.29, 1.82) is 0 Å². The first-order chi connectivity index (χ1) is 12.7. The van der Waals surface area contributed by atoms with Crippen LogP contribution >= 0.6 is 0 Å². The third-order valence-electron chi connectivity index (χ3n) is 4.02. The van der Waals surface area contributed by atoms with Gasteiger partial charge in [-0.3, -0.25) is 4.79 Å². The fraction of sp³-hybridized carbons (Fsp3) is 0.421. The third kappa shape index (κ3) is 5.34. The van der Waals surface area contributed by atoms with Gasteiger partial charge in [-0.25, -0.2) is 4.98 Å². The molecule has 2 heterocycles. The lowest BCUT2D eigenvalue weighted by Crippen LogP contribution is -2.32. The van der Waals surface area contributed by atoms with Crippen LogP contribution in [0.15, 0.2) is 36.4 Å². The van der Waals surface area contributed by atoms with E-state index in [-0.39, 0.29) is 12.5 Å². The van der Waals surface area contributed by atoms with Gasteiger partial charge in [-0.05, 0) is 31.9 Å². The molecule has 1 aromatic heterocycles. The predicted octanol–water partition coefficient (Wildman–Crippen LogP) is 1.96. The maximum Gasteiger partial charge on any atom is 0.258 e. The second-order valence-electron chi connectivity index (χ2n) is 6.11. The Morgan fingerprint density at radius 3 is 2.69 bits per heavy atom. The number of anilines is 1. The standard InChI is InChI=1S/C19H24N4O3/c1-15-21-17(23-10-5-6-11-23)13-19(22-15)25-12-9-20-18(24)14-26-16-7-3-2-4-8-16/h2-4,7-8,13H,5-6,9-12,14H2,1H3,(H,20,24). The van der Waals surface area contributed by atoms with Crippen molar-refractivity contribution in [3.63, 3.8) is 0 Å². The van der Waals surface area contributed by atoms with Crippen molar-refractivity contribution in [2.24, 2.45) is 0 Å². The summed E-state index contributed by atoms with van der Waals surface area (Å²) in [6.07, 6.45) is 2.38. The zero-order chi connectivity index (χ0) is 18.2. The van der Waals surface area contributed by atoms with Gasteiger partial charge in [-0.2, -0.15) is 4.98 Å². The molecule has 2 aromatic rings. The molecule has 1 amide bonds. The third-order valence-corrected chi connectivity index (χ3v) is 4.02. The van der Waals surface area contributed by atoms with Crippen LogP contribution in [0, 0.1) is 6.92 Å². The van der Waals surface area contributed by atoms with Crippen molar-refractivity contribution in [2.45, 2.75) is 19.8 Å². The number of aromatic nitrogens is 2. The molecule has 0 aliphatic carbocycles. The molecule has 0 radical (unpaired) electrons. The van der Waals surface area contributed by atoms with Gasteiger partial charge in [0.25, 0.3) is 5.91 Å². The van der Waals surface area contributed by atoms with Gasteiger partial charge in [0, 0.05) is 19.2 Å². The van der Waals surface area contributed by atoms with E-state index in [4.69, 9.17) is 9.47 Å². The minimum Gasteiger partial charge on any atom is -0.484 e. The fourth-order valence-electron chi connectivity index (χ4n) is 2.77. The molecule has 1 aromatic carbocycles. The average Bonchev–Trinajstić information content (AvgIpc) is 3.19. The normalized spacial score (nSPS) is 13.5. The quantitative estimate of drug-likeness (QED) is 0.729. The van der Waals surface area contributed by atoms with Crippen LogP contribution in [-0.2, 0) is 4.79 Å². The molecule has 0 atom stereocenters. The van der Waals surface area contributed by atoms with Gasteiger partial charge in [0.15, 0.2) is 6.61 Å². The summed E-state index contributed by atoms with van der Waals surface area (Å²) in [7, 11) is 0. The number of carbonyl (C=O) groups is 1. The highest BCUT2D eigenvalue weighted by atomic mass is 16.5. The van der Waals surface area contributed by atoms with Crippen LogP contribution in [0.25, 0.3) is 0 Å². The second kappa shape index (κ2) is 9.03. The number of benzene rings is 1. The van der Waals surface area contributed by atoms with Crippen LogP contribution in [-0.4, -0.2) is 48.7 Å². The topological polar surface area (TPSA) is 76.6 Å². The van der Waals surface area contributed by atoms with Crippen molar-refractivity contribution >= 4 is 11.7 Å². The average molecular weight is 356 g/mol. The summed E-state index contributed by atoms with van der Waals surface area (Å²) in [6.45, 7) is 4.61. The molecular weight excluding hydrogens is 332 g/mol. The van der Waals surface area contributed by atoms with Crippen LogP contribution in [0.5, 0.6) is 11.6 Å². The number of rotatable bonds is 8. The van der Waals surface area contributed by atoms with Gasteiger partial charge in [-0.15, -0.1) is 0 Å². The van der Waals surface area contributed by atoms with Crippen LogP contribution < -0.4 is 19.7 Å². The monoisotopic (exact) mass is 356 g/mol. The highest BCUT2D eigenvalue weighted by Gasteiger charge is 2.15. The molecule has 7 nitrogen and oxygen atoms in total. The largest absolute Gasteiger partial charge is 0.484 e. The molecule has 0 spiro atoms. The van der Waals surface area contributed by atoms with Gasteiger partial charge in [0.2, 0.25) is 5.88 Å². The molecule has 0 unspecified atom stereocenters. The molecule has 1 aliphatic heterocycles. The highest BCUT2D eigenvalue weighted by molar-refractivity contribution is 5.77. The Balaban J connectivity index is 1.39. The molecule has 1 fully saturated rings. The number of nitrogens with zero attached hydrogens (tertiary/aromatic N) is 3. The van der Waals surface area contributed by atoms with Crippen molar-refractivity contribution < 1.29 is 14.3 Å². The SMILES string of the molecule is Cc1nc(OCCNC(=O)COc2ccccc2)cc(N2CCCC2)n1. The van der Waals surface area contributed by atoms with Crippen molar-refractivity contribution in [2.75, 3.05) is 37.7 Å². The fourth-order valence-corrected chi connectivity index (χ4v) is 2.77. The van der Waals surface area contributed by atoms with Gasteiger partial charge in [0.1, 0.15) is 24.0 Å². The summed E-state index contributed by atoms with van der Waals surface area (Å²) < 4.78 is 11.1. The van der Waals surface area contributed by atoms with E-state index in [9.17, 15) is 4.79 Å². The van der Waals surface area contributed by atoms with E-state index in [1.807, 2.05) is 43.3 Å². The molecular formula is C19H24N4O3. The first-order valence-corrected chi connectivity index (χ1v) is 8.89. The zero-order valence-corrected chi connectivity index (χ0v) is 15.0. The molecule has 1 N–H and O–H groups in total. The number of aryl methyl sites for hydroxylation is 1. The summed E-state index contributed by atoms with van der Waals surface area (Å²) in [5.41, 5.74) is 0. The Kier molecular flexibility index (Phi) is 6.24. The number of amides is 1. The zero-order valence-electron chi connectivity index (χ0n) is 15.0. The van der Waals surface area contributed by atoms with E-state index in [0.717, 1.165) is 18.9 Å². The molecule has 26 heavy (non-hydrogen) atoms. The molecule has 138 valence electrons. The minimum absolute atomic E-state index is 0.0181. The lowest BCUT2D eigenvalue weighted by Gasteiger charge is -2.17. The van der Waals surface area contributed by atoms with Crippen molar-refractivity contribution in [1.82, 2.24) is 15.3 Å². The summed E-state index contributed by atoms with van der Waals surface area (Å²) in [4.78, 5) is 22.8.